The summed E-state index contributed by atoms with van der Waals surface area (Å²) >= 11 is 0. The number of β-amino-alcohol motifs (C(OH)–C–C–N with tert-alkyl or cyclic N) is 1. The van der Waals surface area contributed by atoms with Crippen molar-refractivity contribution in [3.8, 4) is 0 Å². The summed E-state index contributed by atoms with van der Waals surface area (Å²) in [7, 11) is 0. The second kappa shape index (κ2) is 33.9. The number of amides is 8. The molecule has 1 heterocycles. The van der Waals surface area contributed by atoms with Crippen molar-refractivity contribution in [3.63, 3.8) is 0 Å². The molecule has 1 aliphatic rings. The first kappa shape index (κ1) is 61.5. The Bertz CT molecular complexity index is 1710. The van der Waals surface area contributed by atoms with Gasteiger partial charge in [0.15, 0.2) is 5.96 Å². The van der Waals surface area contributed by atoms with Crippen LogP contribution in [0.1, 0.15) is 118 Å². The van der Waals surface area contributed by atoms with Gasteiger partial charge in [-0.3, -0.25) is 43.3 Å². The van der Waals surface area contributed by atoms with E-state index in [2.05, 4.69) is 54.5 Å². The zero-order chi connectivity index (χ0) is 52.1. The minimum absolute atomic E-state index is 0.00748. The van der Waals surface area contributed by atoms with Crippen molar-refractivity contribution < 1.29 is 53.7 Å². The summed E-state index contributed by atoms with van der Waals surface area (Å²) in [6.07, 6.45) is 4.28. The number of aliphatic hydroxyl groups excluding tert-OH is 3. The standard InChI is InChI=1S/C44H82N14O11/c1-5-7-8-9-10-11-12-13-14-17-33(62)56-36-32(61)24-51-41(67)34(30(59)22-46)58-43(69)35(31(60)23-47)57-39(65)27(16-15-20-50-44(48)49)53-40(66)29(21-25(3)4)55-38(64)28(18-19-45)54-37(63)26(6-2)52-42(36)68/h6,25,27-32,34-36,59-61H,5,7-24,45-47H2,1-4H3,(H,51,67)(H,52,68)(H,53,66)(H,54,63)(H,55,64)(H,56,62)(H,57,65)(H,58,69)(H4,48,49,50)/b26-6-/t27-,28-,29-,30?,31?,32?,34?,35-,36?/m0/s1. The van der Waals surface area contributed by atoms with Gasteiger partial charge in [-0.05, 0) is 51.5 Å². The number of guanidine groups is 1. The predicted molar refractivity (Wildman–Crippen MR) is 258 cm³/mol. The van der Waals surface area contributed by atoms with E-state index in [0.29, 0.717) is 6.42 Å². The first-order valence-electron chi connectivity index (χ1n) is 24.0. The predicted octanol–water partition coefficient (Wildman–Crippen LogP) is -4.59. The lowest BCUT2D eigenvalue weighted by molar-refractivity contribution is -0.138. The largest absolute Gasteiger partial charge is 0.389 e. The van der Waals surface area contributed by atoms with Crippen molar-refractivity contribution in [2.24, 2.45) is 39.6 Å². The van der Waals surface area contributed by atoms with Gasteiger partial charge >= 0.3 is 0 Å². The summed E-state index contributed by atoms with van der Waals surface area (Å²) in [5.74, 6) is -8.28. The molecule has 394 valence electrons. The number of hydrogen-bond acceptors (Lipinski definition) is 15. The number of nitrogens with two attached hydrogens (primary N) is 5. The van der Waals surface area contributed by atoms with Crippen LogP contribution in [0, 0.1) is 5.92 Å². The van der Waals surface area contributed by atoms with Crippen LogP contribution in [0.25, 0.3) is 0 Å². The van der Waals surface area contributed by atoms with Crippen LogP contribution in [-0.2, 0) is 38.4 Å². The fraction of sp³-hybridized carbons (Fsp3) is 0.750. The SMILES string of the molecule is C/C=C1\NC(=O)C(NC(=O)CCCCCCCCCCC)C(O)CNC(=O)C(C(O)CN)NC(=O)[C@H](C(O)CN)NC(=O)[C@H](CCCN=C(N)N)NC(=O)[C@H](CC(C)C)NC(=O)[C@H](CCN)NC1=O. The molecule has 8 amide bonds. The van der Waals surface area contributed by atoms with E-state index >= 15 is 0 Å². The minimum atomic E-state index is -1.91. The van der Waals surface area contributed by atoms with Crippen LogP contribution in [0.2, 0.25) is 0 Å². The fourth-order valence-electron chi connectivity index (χ4n) is 7.22. The molecule has 9 atom stereocenters. The highest BCUT2D eigenvalue weighted by atomic mass is 16.3. The third-order valence-electron chi connectivity index (χ3n) is 11.2. The van der Waals surface area contributed by atoms with E-state index in [1.807, 2.05) is 0 Å². The minimum Gasteiger partial charge on any atom is -0.389 e. The normalized spacial score (nSPS) is 24.4. The summed E-state index contributed by atoms with van der Waals surface area (Å²) in [4.78, 5) is 114. The lowest BCUT2D eigenvalue weighted by atomic mass is 10.0. The van der Waals surface area contributed by atoms with E-state index in [4.69, 9.17) is 28.7 Å². The zero-order valence-electron chi connectivity index (χ0n) is 40.7. The molecule has 69 heavy (non-hydrogen) atoms. The Kier molecular flexibility index (Phi) is 30.3. The molecule has 1 saturated heterocycles. The van der Waals surface area contributed by atoms with E-state index in [1.54, 1.807) is 13.8 Å². The molecular formula is C44H82N14O11. The molecule has 1 rings (SSSR count). The van der Waals surface area contributed by atoms with Crippen molar-refractivity contribution in [3.05, 3.63) is 11.8 Å². The molecule has 0 aromatic carbocycles. The Morgan fingerprint density at radius 3 is 1.78 bits per heavy atom. The average molecular weight is 983 g/mol. The Hall–Kier alpha value is -5.47. The number of nitrogens with one attached hydrogen (secondary N) is 8. The molecule has 0 bridgehead atoms. The lowest BCUT2D eigenvalue weighted by Crippen LogP contribution is -2.64. The number of hydrogen-bond donors (Lipinski definition) is 16. The Balaban J connectivity index is 3.78. The number of nitrogens with zero attached hydrogens (tertiary/aromatic N) is 1. The maximum Gasteiger partial charge on any atom is 0.268 e. The van der Waals surface area contributed by atoms with Crippen molar-refractivity contribution in [1.82, 2.24) is 42.5 Å². The van der Waals surface area contributed by atoms with E-state index < -0.39 is 127 Å². The summed E-state index contributed by atoms with van der Waals surface area (Å²) in [6.45, 7) is 4.97. The second-order valence-electron chi connectivity index (χ2n) is 17.5. The van der Waals surface area contributed by atoms with Crippen LogP contribution in [0.15, 0.2) is 16.8 Å². The van der Waals surface area contributed by atoms with Crippen LogP contribution in [0.4, 0.5) is 0 Å². The fourth-order valence-corrected chi connectivity index (χ4v) is 7.22. The van der Waals surface area contributed by atoms with Crippen LogP contribution < -0.4 is 71.2 Å². The van der Waals surface area contributed by atoms with Gasteiger partial charge in [0.1, 0.15) is 48.1 Å². The van der Waals surface area contributed by atoms with Crippen LogP contribution in [0.3, 0.4) is 0 Å². The summed E-state index contributed by atoms with van der Waals surface area (Å²) < 4.78 is 0. The first-order valence-corrected chi connectivity index (χ1v) is 24.0. The third kappa shape index (κ3) is 23.6. The molecule has 0 radical (unpaired) electrons. The van der Waals surface area contributed by atoms with Gasteiger partial charge < -0.3 is 86.5 Å². The number of aliphatic imine (C=N–C) groups is 1. The molecule has 25 heteroatoms. The molecule has 25 nitrogen and oxygen atoms in total. The summed E-state index contributed by atoms with van der Waals surface area (Å²) in [5.41, 5.74) is 27.7. The quantitative estimate of drug-likeness (QED) is 0.0198. The number of allylic oxidation sites excluding steroid dienone is 1. The van der Waals surface area contributed by atoms with Gasteiger partial charge in [-0.2, -0.15) is 0 Å². The van der Waals surface area contributed by atoms with Gasteiger partial charge in [0.25, 0.3) is 5.91 Å². The van der Waals surface area contributed by atoms with Gasteiger partial charge in [-0.25, -0.2) is 0 Å². The highest BCUT2D eigenvalue weighted by molar-refractivity contribution is 6.02. The van der Waals surface area contributed by atoms with Crippen LogP contribution in [0.5, 0.6) is 0 Å². The first-order chi connectivity index (χ1) is 32.7. The Morgan fingerprint density at radius 2 is 1.23 bits per heavy atom. The van der Waals surface area contributed by atoms with Gasteiger partial charge in [-0.1, -0.05) is 78.2 Å². The molecular weight excluding hydrogens is 901 g/mol. The molecule has 0 aromatic rings. The van der Waals surface area contributed by atoms with Gasteiger partial charge in [0.05, 0.1) is 12.2 Å². The van der Waals surface area contributed by atoms with E-state index in [1.165, 1.54) is 19.4 Å². The Morgan fingerprint density at radius 1 is 0.710 bits per heavy atom. The maximum atomic E-state index is 14.0. The van der Waals surface area contributed by atoms with Crippen molar-refractivity contribution in [2.45, 2.75) is 172 Å². The van der Waals surface area contributed by atoms with Gasteiger partial charge in [0.2, 0.25) is 41.4 Å². The highest BCUT2D eigenvalue weighted by Gasteiger charge is 2.38. The monoisotopic (exact) mass is 983 g/mol. The number of rotatable bonds is 23. The summed E-state index contributed by atoms with van der Waals surface area (Å²) in [6, 6.07) is -9.78. The Labute approximate surface area is 404 Å². The smallest absolute Gasteiger partial charge is 0.268 e. The molecule has 21 N–H and O–H groups in total. The number of aliphatic hydroxyl groups is 3. The molecule has 1 aliphatic heterocycles. The van der Waals surface area contributed by atoms with Crippen molar-refractivity contribution in [1.29, 1.82) is 0 Å². The van der Waals surface area contributed by atoms with E-state index in [9.17, 15) is 53.7 Å². The van der Waals surface area contributed by atoms with Crippen LogP contribution in [-0.4, -0.2) is 156 Å². The van der Waals surface area contributed by atoms with Gasteiger partial charge in [0, 0.05) is 32.6 Å². The summed E-state index contributed by atoms with van der Waals surface area (Å²) in [5, 5.41) is 52.5. The molecule has 5 unspecified atom stereocenters. The number of carbonyl (C=O) groups excluding carboxylic acids is 8. The zero-order valence-corrected chi connectivity index (χ0v) is 40.7. The molecule has 0 aliphatic carbocycles. The third-order valence-corrected chi connectivity index (χ3v) is 11.2. The van der Waals surface area contributed by atoms with Crippen molar-refractivity contribution >= 4 is 53.2 Å². The second-order valence-corrected chi connectivity index (χ2v) is 17.5. The number of unbranched alkanes of at least 4 members (excludes halogenated alkanes) is 8. The van der Waals surface area contributed by atoms with Gasteiger partial charge in [-0.15, -0.1) is 0 Å². The van der Waals surface area contributed by atoms with E-state index in [0.717, 1.165) is 44.9 Å². The number of carbonyl (C=O) groups is 8. The molecule has 0 aromatic heterocycles. The highest BCUT2D eigenvalue weighted by Crippen LogP contribution is 2.12. The molecule has 1 fully saturated rings. The molecule has 0 spiro atoms. The van der Waals surface area contributed by atoms with Crippen LogP contribution >= 0.6 is 0 Å². The van der Waals surface area contributed by atoms with E-state index in [-0.39, 0.29) is 57.1 Å². The van der Waals surface area contributed by atoms with Crippen molar-refractivity contribution in [2.75, 3.05) is 32.7 Å². The maximum absolute atomic E-state index is 14.0. The molecule has 0 saturated carbocycles. The average Bonchev–Trinajstić information content (AvgIpc) is 3.30. The lowest BCUT2D eigenvalue weighted by Gasteiger charge is -2.30. The topological polar surface area (TPSA) is 436 Å².